The molecule has 0 bridgehead atoms. The van der Waals surface area contributed by atoms with Gasteiger partial charge in [0, 0.05) is 29.2 Å². The quantitative estimate of drug-likeness (QED) is 0.592. The molecular weight excluding hydrogens is 394 g/mol. The van der Waals surface area contributed by atoms with Gasteiger partial charge in [0.15, 0.2) is 9.84 Å². The van der Waals surface area contributed by atoms with E-state index in [1.807, 2.05) is 42.5 Å². The Morgan fingerprint density at radius 1 is 1.10 bits per heavy atom. The topological polar surface area (TPSA) is 88.9 Å². The van der Waals surface area contributed by atoms with Gasteiger partial charge in [0.25, 0.3) is 0 Å². The van der Waals surface area contributed by atoms with Crippen LogP contribution in [0.5, 0.6) is 0 Å². The predicted octanol–water partition coefficient (Wildman–Crippen LogP) is 3.99. The number of hydrogen-bond acceptors (Lipinski definition) is 4. The lowest BCUT2D eigenvalue weighted by Gasteiger charge is -2.25. The summed E-state index contributed by atoms with van der Waals surface area (Å²) in [5.41, 5.74) is 10.7. The molecule has 1 aromatic heterocycles. The van der Waals surface area contributed by atoms with Gasteiger partial charge in [-0.2, -0.15) is 0 Å². The number of rotatable bonds is 6. The molecule has 3 N–H and O–H groups in total. The fourth-order valence-corrected chi connectivity index (χ4v) is 5.42. The van der Waals surface area contributed by atoms with Crippen molar-refractivity contribution in [1.82, 2.24) is 4.57 Å². The summed E-state index contributed by atoms with van der Waals surface area (Å²) in [7, 11) is -3.58. The Hall–Kier alpha value is -2.96. The minimum absolute atomic E-state index is 0.137. The van der Waals surface area contributed by atoms with E-state index in [0.29, 0.717) is 30.7 Å². The molecule has 0 fully saturated rings. The molecule has 1 heterocycles. The highest BCUT2D eigenvalue weighted by Gasteiger charge is 2.32. The lowest BCUT2D eigenvalue weighted by molar-refractivity contribution is 0.589. The van der Waals surface area contributed by atoms with E-state index in [0.717, 1.165) is 22.5 Å². The summed E-state index contributed by atoms with van der Waals surface area (Å²) in [5, 5.41) is 8.86. The molecule has 0 spiro atoms. The third-order valence-corrected chi connectivity index (χ3v) is 7.25. The van der Waals surface area contributed by atoms with Gasteiger partial charge in [0.05, 0.1) is 5.75 Å². The third kappa shape index (κ3) is 3.64. The lowest BCUT2D eigenvalue weighted by Crippen LogP contribution is -2.20. The van der Waals surface area contributed by atoms with Crippen molar-refractivity contribution >= 4 is 15.5 Å². The van der Waals surface area contributed by atoms with Crippen molar-refractivity contribution in [3.63, 3.8) is 0 Å². The van der Waals surface area contributed by atoms with Gasteiger partial charge in [-0.05, 0) is 48.1 Å². The standard InChI is InChI=1S/C24H25N3O2S/c1-2-12-30(28,29)24-15-21-22(26)13-19(18-6-4-3-5-7-18)14-23(21)27(24)20-10-8-17(16-25)9-11-20/h2-11,15,19,26H,1,12-14,16,25H2. The minimum atomic E-state index is -3.58. The normalized spacial score (nSPS) is 16.3. The van der Waals surface area contributed by atoms with E-state index in [4.69, 9.17) is 11.1 Å². The smallest absolute Gasteiger partial charge is 0.197 e. The van der Waals surface area contributed by atoms with Crippen LogP contribution in [-0.4, -0.2) is 24.4 Å². The van der Waals surface area contributed by atoms with Gasteiger partial charge < -0.3 is 15.7 Å². The largest absolute Gasteiger partial charge is 0.326 e. The molecule has 0 saturated carbocycles. The fourth-order valence-electron chi connectivity index (χ4n) is 4.14. The number of hydrogen-bond donors (Lipinski definition) is 2. The highest BCUT2D eigenvalue weighted by Crippen LogP contribution is 2.37. The van der Waals surface area contributed by atoms with Gasteiger partial charge in [-0.3, -0.25) is 0 Å². The number of fused-ring (bicyclic) bond motifs is 1. The molecule has 6 heteroatoms. The zero-order valence-electron chi connectivity index (χ0n) is 16.7. The van der Waals surface area contributed by atoms with Crippen LogP contribution >= 0.6 is 0 Å². The van der Waals surface area contributed by atoms with E-state index in [1.54, 1.807) is 10.6 Å². The van der Waals surface area contributed by atoms with E-state index in [-0.39, 0.29) is 16.7 Å². The fraction of sp³-hybridized carbons (Fsp3) is 0.208. The van der Waals surface area contributed by atoms with E-state index in [1.165, 1.54) is 6.08 Å². The van der Waals surface area contributed by atoms with Gasteiger partial charge in [-0.15, -0.1) is 6.58 Å². The number of aromatic nitrogens is 1. The van der Waals surface area contributed by atoms with E-state index in [9.17, 15) is 8.42 Å². The highest BCUT2D eigenvalue weighted by atomic mass is 32.2. The molecule has 0 amide bonds. The second-order valence-corrected chi connectivity index (χ2v) is 9.59. The molecule has 1 aliphatic carbocycles. The van der Waals surface area contributed by atoms with Crippen LogP contribution in [0.4, 0.5) is 0 Å². The van der Waals surface area contributed by atoms with E-state index < -0.39 is 9.84 Å². The number of nitrogens with one attached hydrogen (secondary N) is 1. The molecular formula is C24H25N3O2S. The van der Waals surface area contributed by atoms with Crippen molar-refractivity contribution in [2.45, 2.75) is 30.3 Å². The maximum Gasteiger partial charge on any atom is 0.197 e. The molecule has 154 valence electrons. The second kappa shape index (κ2) is 8.05. The molecule has 30 heavy (non-hydrogen) atoms. The minimum Gasteiger partial charge on any atom is -0.326 e. The number of sulfone groups is 1. The number of benzene rings is 2. The zero-order valence-corrected chi connectivity index (χ0v) is 17.5. The van der Waals surface area contributed by atoms with Crippen LogP contribution in [0.15, 0.2) is 78.3 Å². The third-order valence-electron chi connectivity index (χ3n) is 5.64. The first-order chi connectivity index (χ1) is 14.4. The predicted molar refractivity (Wildman–Crippen MR) is 120 cm³/mol. The Balaban J connectivity index is 1.90. The average molecular weight is 420 g/mol. The van der Waals surface area contributed by atoms with Crippen molar-refractivity contribution in [2.75, 3.05) is 5.75 Å². The Bertz CT molecular complexity index is 1190. The number of nitrogens with two attached hydrogens (primary N) is 1. The monoisotopic (exact) mass is 419 g/mol. The average Bonchev–Trinajstić information content (AvgIpc) is 3.15. The van der Waals surface area contributed by atoms with Crippen LogP contribution < -0.4 is 5.73 Å². The van der Waals surface area contributed by atoms with Gasteiger partial charge in [0.2, 0.25) is 0 Å². The molecule has 0 radical (unpaired) electrons. The van der Waals surface area contributed by atoms with Gasteiger partial charge in [0.1, 0.15) is 5.03 Å². The molecule has 1 aliphatic rings. The summed E-state index contributed by atoms with van der Waals surface area (Å²) in [6, 6.07) is 19.4. The van der Waals surface area contributed by atoms with Crippen molar-refractivity contribution in [2.24, 2.45) is 5.73 Å². The highest BCUT2D eigenvalue weighted by molar-refractivity contribution is 7.91. The van der Waals surface area contributed by atoms with Crippen LogP contribution in [0.3, 0.4) is 0 Å². The van der Waals surface area contributed by atoms with Gasteiger partial charge in [-0.1, -0.05) is 48.5 Å². The molecule has 0 saturated heterocycles. The molecule has 1 atom stereocenters. The molecule has 1 unspecified atom stereocenters. The van der Waals surface area contributed by atoms with E-state index >= 15 is 0 Å². The van der Waals surface area contributed by atoms with Crippen molar-refractivity contribution in [1.29, 1.82) is 5.41 Å². The maximum absolute atomic E-state index is 13.0. The Kier molecular flexibility index (Phi) is 5.45. The van der Waals surface area contributed by atoms with Gasteiger partial charge >= 0.3 is 0 Å². The molecule has 3 aromatic rings. The molecule has 0 aliphatic heterocycles. The summed E-state index contributed by atoms with van der Waals surface area (Å²) in [4.78, 5) is 0. The van der Waals surface area contributed by atoms with Crippen molar-refractivity contribution in [3.8, 4) is 5.69 Å². The zero-order chi connectivity index (χ0) is 21.3. The summed E-state index contributed by atoms with van der Waals surface area (Å²) in [6.07, 6.45) is 2.67. The number of nitrogens with zero attached hydrogens (tertiary/aromatic N) is 1. The van der Waals surface area contributed by atoms with Crippen molar-refractivity contribution < 1.29 is 8.42 Å². The summed E-state index contributed by atoms with van der Waals surface area (Å²) >= 11 is 0. The van der Waals surface area contributed by atoms with Crippen LogP contribution in [0.2, 0.25) is 0 Å². The van der Waals surface area contributed by atoms with Gasteiger partial charge in [-0.25, -0.2) is 8.42 Å². The van der Waals surface area contributed by atoms with Crippen LogP contribution in [0.1, 0.15) is 34.7 Å². The molecule has 2 aromatic carbocycles. The first-order valence-corrected chi connectivity index (χ1v) is 11.6. The van der Waals surface area contributed by atoms with E-state index in [2.05, 4.69) is 18.7 Å². The van der Waals surface area contributed by atoms with Crippen molar-refractivity contribution in [3.05, 3.63) is 95.7 Å². The lowest BCUT2D eigenvalue weighted by atomic mass is 9.82. The Morgan fingerprint density at radius 2 is 1.80 bits per heavy atom. The van der Waals surface area contributed by atoms with Crippen LogP contribution in [0, 0.1) is 5.41 Å². The molecule has 4 rings (SSSR count). The van der Waals surface area contributed by atoms with Crippen LogP contribution in [0.25, 0.3) is 5.69 Å². The Morgan fingerprint density at radius 3 is 2.43 bits per heavy atom. The first-order valence-electron chi connectivity index (χ1n) is 9.95. The summed E-state index contributed by atoms with van der Waals surface area (Å²) in [6.45, 7) is 4.02. The Labute approximate surface area is 177 Å². The SMILES string of the molecule is C=CCS(=O)(=O)c1cc2c(n1-c1ccc(CN)cc1)CC(c1ccccc1)CC2=N. The summed E-state index contributed by atoms with van der Waals surface area (Å²) < 4.78 is 27.9. The maximum atomic E-state index is 13.0. The van der Waals surface area contributed by atoms with Crippen LogP contribution in [-0.2, 0) is 22.8 Å². The summed E-state index contributed by atoms with van der Waals surface area (Å²) in [5.74, 6) is -0.00945. The molecule has 5 nitrogen and oxygen atoms in total. The first kappa shape index (κ1) is 20.3. The second-order valence-electron chi connectivity index (χ2n) is 7.61.